The Kier molecular flexibility index (Phi) is 8.16. The van der Waals surface area contributed by atoms with E-state index in [1.165, 1.54) is 0 Å². The van der Waals surface area contributed by atoms with Gasteiger partial charge in [-0.05, 0) is 49.1 Å². The van der Waals surface area contributed by atoms with Crippen molar-refractivity contribution in [1.82, 2.24) is 5.32 Å². The van der Waals surface area contributed by atoms with Crippen LogP contribution in [0.2, 0.25) is 0 Å². The van der Waals surface area contributed by atoms with Crippen LogP contribution >= 0.6 is 0 Å². The maximum Gasteiger partial charge on any atom is 0.234 e. The standard InChI is InChI=1S/C22H26N2O4/c1-16-4-5-17(2)20(14-16)27-12-13-28-21-15-19(26-3)7-6-18(21)9-11-24-22(25)8-10-23/h4-7,14-15H,8-9,11-13H2,1-3H3,(H,24,25). The Morgan fingerprint density at radius 3 is 2.54 bits per heavy atom. The van der Waals surface area contributed by atoms with E-state index in [0.29, 0.717) is 37.7 Å². The van der Waals surface area contributed by atoms with E-state index in [-0.39, 0.29) is 12.3 Å². The molecule has 6 nitrogen and oxygen atoms in total. The second-order valence-corrected chi connectivity index (χ2v) is 6.37. The normalized spacial score (nSPS) is 10.1. The summed E-state index contributed by atoms with van der Waals surface area (Å²) in [5.41, 5.74) is 3.18. The minimum Gasteiger partial charge on any atom is -0.497 e. The summed E-state index contributed by atoms with van der Waals surface area (Å²) in [6.45, 7) is 5.27. The van der Waals surface area contributed by atoms with Crippen molar-refractivity contribution >= 4 is 5.91 Å². The van der Waals surface area contributed by atoms with Crippen LogP contribution in [-0.2, 0) is 11.2 Å². The Morgan fingerprint density at radius 2 is 1.82 bits per heavy atom. The van der Waals surface area contributed by atoms with Gasteiger partial charge in [0.2, 0.25) is 5.91 Å². The first-order chi connectivity index (χ1) is 13.5. The van der Waals surface area contributed by atoms with E-state index in [9.17, 15) is 4.79 Å². The topological polar surface area (TPSA) is 80.6 Å². The number of carbonyl (C=O) groups excluding carboxylic acids is 1. The number of methoxy groups -OCH3 is 1. The van der Waals surface area contributed by atoms with Gasteiger partial charge in [0.05, 0.1) is 13.2 Å². The molecule has 0 bridgehead atoms. The van der Waals surface area contributed by atoms with Crippen molar-refractivity contribution in [3.05, 3.63) is 53.1 Å². The van der Waals surface area contributed by atoms with Gasteiger partial charge < -0.3 is 19.5 Å². The predicted molar refractivity (Wildman–Crippen MR) is 107 cm³/mol. The summed E-state index contributed by atoms with van der Waals surface area (Å²) in [4.78, 5) is 11.4. The third-order valence-corrected chi connectivity index (χ3v) is 4.17. The second-order valence-electron chi connectivity index (χ2n) is 6.37. The Morgan fingerprint density at radius 1 is 1.07 bits per heavy atom. The first-order valence-electron chi connectivity index (χ1n) is 9.17. The summed E-state index contributed by atoms with van der Waals surface area (Å²) in [7, 11) is 1.60. The van der Waals surface area contributed by atoms with Crippen LogP contribution in [0, 0.1) is 25.2 Å². The monoisotopic (exact) mass is 382 g/mol. The molecule has 0 aliphatic heterocycles. The molecule has 1 N–H and O–H groups in total. The Labute approximate surface area is 166 Å². The molecule has 0 aliphatic carbocycles. The number of nitrogens with zero attached hydrogens (tertiary/aromatic N) is 1. The fourth-order valence-electron chi connectivity index (χ4n) is 2.64. The van der Waals surface area contributed by atoms with Gasteiger partial charge in [0.1, 0.15) is 36.9 Å². The van der Waals surface area contributed by atoms with Gasteiger partial charge in [-0.2, -0.15) is 5.26 Å². The van der Waals surface area contributed by atoms with Crippen molar-refractivity contribution in [3.63, 3.8) is 0 Å². The van der Waals surface area contributed by atoms with E-state index in [4.69, 9.17) is 19.5 Å². The summed E-state index contributed by atoms with van der Waals surface area (Å²) in [5.74, 6) is 1.97. The fourth-order valence-corrected chi connectivity index (χ4v) is 2.64. The van der Waals surface area contributed by atoms with Crippen molar-refractivity contribution in [2.24, 2.45) is 0 Å². The van der Waals surface area contributed by atoms with Crippen molar-refractivity contribution in [3.8, 4) is 23.3 Å². The molecule has 0 unspecified atom stereocenters. The van der Waals surface area contributed by atoms with Gasteiger partial charge in [-0.1, -0.05) is 18.2 Å². The SMILES string of the molecule is COc1ccc(CCNC(=O)CC#N)c(OCCOc2cc(C)ccc2C)c1. The largest absolute Gasteiger partial charge is 0.497 e. The van der Waals surface area contributed by atoms with E-state index >= 15 is 0 Å². The first-order valence-corrected chi connectivity index (χ1v) is 9.17. The molecular formula is C22H26N2O4. The summed E-state index contributed by atoms with van der Waals surface area (Å²) < 4.78 is 17.0. The molecule has 0 atom stereocenters. The van der Waals surface area contributed by atoms with E-state index in [0.717, 1.165) is 22.4 Å². The average Bonchev–Trinajstić information content (AvgIpc) is 2.68. The minimum atomic E-state index is -0.277. The number of carbonyl (C=O) groups is 1. The molecule has 0 aromatic heterocycles. The molecule has 6 heteroatoms. The number of aryl methyl sites for hydroxylation is 2. The lowest BCUT2D eigenvalue weighted by atomic mass is 10.1. The zero-order chi connectivity index (χ0) is 20.4. The van der Waals surface area contributed by atoms with E-state index in [1.807, 2.05) is 50.2 Å². The maximum absolute atomic E-state index is 11.4. The molecule has 0 radical (unpaired) electrons. The number of rotatable bonds is 10. The van der Waals surface area contributed by atoms with Crippen LogP contribution in [-0.4, -0.2) is 32.8 Å². The van der Waals surface area contributed by atoms with Crippen LogP contribution in [0.15, 0.2) is 36.4 Å². The fraction of sp³-hybridized carbons (Fsp3) is 0.364. The zero-order valence-electron chi connectivity index (χ0n) is 16.6. The zero-order valence-corrected chi connectivity index (χ0v) is 16.6. The number of ether oxygens (including phenoxy) is 3. The molecule has 0 spiro atoms. The lowest BCUT2D eigenvalue weighted by Crippen LogP contribution is -2.25. The minimum absolute atomic E-state index is 0.137. The van der Waals surface area contributed by atoms with Crippen LogP contribution in [0.4, 0.5) is 0 Å². The van der Waals surface area contributed by atoms with E-state index in [1.54, 1.807) is 7.11 Å². The van der Waals surface area contributed by atoms with Gasteiger partial charge in [0.25, 0.3) is 0 Å². The lowest BCUT2D eigenvalue weighted by Gasteiger charge is -2.14. The van der Waals surface area contributed by atoms with Gasteiger partial charge in [0.15, 0.2) is 0 Å². The lowest BCUT2D eigenvalue weighted by molar-refractivity contribution is -0.120. The molecule has 0 heterocycles. The molecule has 0 saturated carbocycles. The van der Waals surface area contributed by atoms with E-state index in [2.05, 4.69) is 11.4 Å². The highest BCUT2D eigenvalue weighted by Crippen LogP contribution is 2.25. The summed E-state index contributed by atoms with van der Waals surface area (Å²) in [6.07, 6.45) is 0.454. The summed E-state index contributed by atoms with van der Waals surface area (Å²) >= 11 is 0. The Bertz CT molecular complexity index is 843. The number of nitriles is 1. The van der Waals surface area contributed by atoms with Crippen LogP contribution in [0.25, 0.3) is 0 Å². The predicted octanol–water partition coefficient (Wildman–Crippen LogP) is 3.34. The van der Waals surface area contributed by atoms with E-state index < -0.39 is 0 Å². The molecule has 148 valence electrons. The van der Waals surface area contributed by atoms with Crippen molar-refractivity contribution in [1.29, 1.82) is 5.26 Å². The highest BCUT2D eigenvalue weighted by molar-refractivity contribution is 5.77. The van der Waals surface area contributed by atoms with Crippen LogP contribution in [0.5, 0.6) is 17.2 Å². The third kappa shape index (κ3) is 6.51. The van der Waals surface area contributed by atoms with Crippen LogP contribution in [0.3, 0.4) is 0 Å². The smallest absolute Gasteiger partial charge is 0.234 e. The molecule has 2 aromatic carbocycles. The quantitative estimate of drug-likeness (QED) is 0.638. The van der Waals surface area contributed by atoms with Crippen molar-refractivity contribution in [2.45, 2.75) is 26.7 Å². The number of hydrogen-bond acceptors (Lipinski definition) is 5. The van der Waals surface area contributed by atoms with Gasteiger partial charge in [-0.3, -0.25) is 4.79 Å². The van der Waals surface area contributed by atoms with Gasteiger partial charge in [0, 0.05) is 12.6 Å². The molecule has 2 aromatic rings. The summed E-state index contributed by atoms with van der Waals surface area (Å²) in [6, 6.07) is 13.5. The van der Waals surface area contributed by atoms with Crippen molar-refractivity contribution < 1.29 is 19.0 Å². The second kappa shape index (κ2) is 10.8. The molecule has 28 heavy (non-hydrogen) atoms. The van der Waals surface area contributed by atoms with Crippen LogP contribution in [0.1, 0.15) is 23.1 Å². The number of hydrogen-bond donors (Lipinski definition) is 1. The number of benzene rings is 2. The van der Waals surface area contributed by atoms with Gasteiger partial charge >= 0.3 is 0 Å². The first kappa shape index (κ1) is 21.1. The molecule has 2 rings (SSSR count). The average molecular weight is 382 g/mol. The number of amides is 1. The van der Waals surface area contributed by atoms with Crippen molar-refractivity contribution in [2.75, 3.05) is 26.9 Å². The number of nitrogens with one attached hydrogen (secondary N) is 1. The molecule has 1 amide bonds. The van der Waals surface area contributed by atoms with Gasteiger partial charge in [-0.25, -0.2) is 0 Å². The highest BCUT2D eigenvalue weighted by atomic mass is 16.5. The Balaban J connectivity index is 1.92. The summed E-state index contributed by atoms with van der Waals surface area (Å²) in [5, 5.41) is 11.2. The molecule has 0 saturated heterocycles. The Hall–Kier alpha value is -3.20. The molecule has 0 aliphatic rings. The third-order valence-electron chi connectivity index (χ3n) is 4.17. The highest BCUT2D eigenvalue weighted by Gasteiger charge is 2.08. The molecule has 0 fully saturated rings. The van der Waals surface area contributed by atoms with Gasteiger partial charge in [-0.15, -0.1) is 0 Å². The molecular weight excluding hydrogens is 356 g/mol. The maximum atomic E-state index is 11.4. The van der Waals surface area contributed by atoms with Crippen LogP contribution < -0.4 is 19.5 Å².